The van der Waals surface area contributed by atoms with E-state index in [0.29, 0.717) is 46.9 Å². The zero-order chi connectivity index (χ0) is 25.1. The van der Waals surface area contributed by atoms with Gasteiger partial charge in [0.2, 0.25) is 0 Å². The third-order valence-corrected chi connectivity index (χ3v) is 10.5. The van der Waals surface area contributed by atoms with E-state index < -0.39 is 11.9 Å². The maximum Gasteiger partial charge on any atom is 0.328 e. The minimum Gasteiger partial charge on any atom is -0.478 e. The average molecular weight is 495 g/mol. The second kappa shape index (κ2) is 10.8. The lowest BCUT2D eigenvalue weighted by Gasteiger charge is -2.60. The number of carboxylic acid groups (broad SMARTS) is 2. The first-order chi connectivity index (χ1) is 16.1. The van der Waals surface area contributed by atoms with Gasteiger partial charge in [0, 0.05) is 47.5 Å². The van der Waals surface area contributed by atoms with Crippen LogP contribution in [0.15, 0.2) is 17.3 Å². The molecule has 0 aromatic rings. The van der Waals surface area contributed by atoms with Crippen molar-refractivity contribution < 1.29 is 29.8 Å². The lowest BCUT2D eigenvalue weighted by Crippen LogP contribution is -2.56. The van der Waals surface area contributed by atoms with E-state index >= 15 is 0 Å². The van der Waals surface area contributed by atoms with Crippen LogP contribution in [0.5, 0.6) is 0 Å². The highest BCUT2D eigenvalue weighted by Crippen LogP contribution is 2.65. The number of carbonyl (C=O) groups excluding carboxylic acids is 1. The van der Waals surface area contributed by atoms with Gasteiger partial charge in [0.25, 0.3) is 0 Å². The van der Waals surface area contributed by atoms with Gasteiger partial charge in [-0.05, 0) is 68.1 Å². The standard InChI is InChI=1S/C21H34N2O2S.C4H4O4/c1-20-7-5-13(26-10-9-22)11-17(20)18(23-25)12-14-15-3-4-19(24)21(15,2)8-6-16(14)20;5-3(6)1-2-4(7)8/h13-17,25H,3-12,22H2,1-2H3;1-2H,(H,5,6)(H,7,8)/b23-18+;2-1+/t13?,14-,15-,16-,17+,20+,21-;/m0./s1. The minimum atomic E-state index is -1.26. The number of hydrogen-bond acceptors (Lipinski definition) is 7. The van der Waals surface area contributed by atoms with E-state index in [-0.39, 0.29) is 10.8 Å². The molecule has 34 heavy (non-hydrogen) atoms. The lowest BCUT2D eigenvalue weighted by atomic mass is 9.45. The highest BCUT2D eigenvalue weighted by Gasteiger charge is 2.61. The molecule has 0 spiro atoms. The predicted molar refractivity (Wildman–Crippen MR) is 131 cm³/mol. The van der Waals surface area contributed by atoms with E-state index in [9.17, 15) is 19.6 Å². The summed E-state index contributed by atoms with van der Waals surface area (Å²) in [6, 6.07) is 0. The van der Waals surface area contributed by atoms with Gasteiger partial charge in [-0.1, -0.05) is 19.0 Å². The first-order valence-corrected chi connectivity index (χ1v) is 13.3. The van der Waals surface area contributed by atoms with Crippen LogP contribution in [-0.2, 0) is 14.4 Å². The summed E-state index contributed by atoms with van der Waals surface area (Å²) in [6.45, 7) is 5.42. The number of nitrogens with zero attached hydrogens (tertiary/aromatic N) is 1. The number of aliphatic carboxylic acids is 2. The Morgan fingerprint density at radius 2 is 1.79 bits per heavy atom. The van der Waals surface area contributed by atoms with Gasteiger partial charge in [0.15, 0.2) is 0 Å². The van der Waals surface area contributed by atoms with Crippen LogP contribution in [0.4, 0.5) is 0 Å². The summed E-state index contributed by atoms with van der Waals surface area (Å²) in [6.07, 6.45) is 9.67. The van der Waals surface area contributed by atoms with Crippen LogP contribution in [0.3, 0.4) is 0 Å². The van der Waals surface area contributed by atoms with Crippen LogP contribution in [0, 0.1) is 34.5 Å². The number of hydrogen-bond donors (Lipinski definition) is 4. The van der Waals surface area contributed by atoms with E-state index in [2.05, 4.69) is 19.0 Å². The van der Waals surface area contributed by atoms with Gasteiger partial charge in [-0.2, -0.15) is 11.8 Å². The largest absolute Gasteiger partial charge is 0.478 e. The second-order valence-corrected chi connectivity index (χ2v) is 12.1. The Labute approximate surface area is 205 Å². The minimum absolute atomic E-state index is 0.112. The summed E-state index contributed by atoms with van der Waals surface area (Å²) in [5.74, 6) is 1.10. The van der Waals surface area contributed by atoms with Crippen molar-refractivity contribution in [3.63, 3.8) is 0 Å². The van der Waals surface area contributed by atoms with Crippen molar-refractivity contribution >= 4 is 35.2 Å². The molecule has 0 aromatic heterocycles. The first kappa shape index (κ1) is 26.7. The number of fused-ring (bicyclic) bond motifs is 5. The molecule has 8 nitrogen and oxygen atoms in total. The van der Waals surface area contributed by atoms with Crippen molar-refractivity contribution in [2.24, 2.45) is 45.4 Å². The Bertz CT molecular complexity index is 844. The molecule has 0 saturated heterocycles. The van der Waals surface area contributed by atoms with Gasteiger partial charge < -0.3 is 21.2 Å². The van der Waals surface area contributed by atoms with Crippen molar-refractivity contribution in [1.29, 1.82) is 0 Å². The summed E-state index contributed by atoms with van der Waals surface area (Å²) >= 11 is 2.00. The molecule has 4 saturated carbocycles. The molecule has 5 N–H and O–H groups in total. The Morgan fingerprint density at radius 3 is 2.38 bits per heavy atom. The van der Waals surface area contributed by atoms with Crippen molar-refractivity contribution in [3.05, 3.63) is 12.2 Å². The van der Waals surface area contributed by atoms with Crippen molar-refractivity contribution in [2.45, 2.75) is 70.5 Å². The van der Waals surface area contributed by atoms with Gasteiger partial charge in [0.05, 0.1) is 5.71 Å². The first-order valence-electron chi connectivity index (χ1n) is 12.3. The average Bonchev–Trinajstić information content (AvgIpc) is 3.10. The highest BCUT2D eigenvalue weighted by atomic mass is 32.2. The Hall–Kier alpha value is -1.87. The van der Waals surface area contributed by atoms with Gasteiger partial charge in [-0.15, -0.1) is 0 Å². The Kier molecular flexibility index (Phi) is 8.50. The van der Waals surface area contributed by atoms with E-state index in [1.807, 2.05) is 11.8 Å². The molecule has 4 fully saturated rings. The Balaban J connectivity index is 0.000000350. The van der Waals surface area contributed by atoms with Gasteiger partial charge in [-0.3, -0.25) is 4.79 Å². The summed E-state index contributed by atoms with van der Waals surface area (Å²) in [5.41, 5.74) is 6.85. The zero-order valence-electron chi connectivity index (χ0n) is 20.1. The number of oxime groups is 1. The molecule has 4 aliphatic rings. The molecular weight excluding hydrogens is 456 g/mol. The molecular formula is C25H38N2O6S. The summed E-state index contributed by atoms with van der Waals surface area (Å²) in [5, 5.41) is 30.0. The lowest BCUT2D eigenvalue weighted by molar-refractivity contribution is -0.134. The van der Waals surface area contributed by atoms with Crippen LogP contribution in [0.2, 0.25) is 0 Å². The molecule has 0 aliphatic heterocycles. The van der Waals surface area contributed by atoms with Crippen LogP contribution < -0.4 is 5.73 Å². The maximum absolute atomic E-state index is 12.6. The topological polar surface area (TPSA) is 150 Å². The smallest absolute Gasteiger partial charge is 0.328 e. The number of carbonyl (C=O) groups is 3. The molecule has 190 valence electrons. The van der Waals surface area contributed by atoms with E-state index in [4.69, 9.17) is 15.9 Å². The fraction of sp³-hybridized carbons (Fsp3) is 0.760. The molecule has 4 aliphatic carbocycles. The summed E-state index contributed by atoms with van der Waals surface area (Å²) < 4.78 is 0. The fourth-order valence-corrected chi connectivity index (χ4v) is 8.52. The zero-order valence-corrected chi connectivity index (χ0v) is 20.9. The number of rotatable bonds is 5. The molecule has 4 rings (SSSR count). The number of Topliss-reactive ketones (excluding diaryl/α,β-unsaturated/α-hetero) is 1. The normalized spacial score (nSPS) is 40.1. The third kappa shape index (κ3) is 5.20. The van der Waals surface area contributed by atoms with Crippen molar-refractivity contribution in [1.82, 2.24) is 0 Å². The molecule has 0 radical (unpaired) electrons. The number of nitrogens with two attached hydrogens (primary N) is 1. The van der Waals surface area contributed by atoms with Crippen molar-refractivity contribution in [3.8, 4) is 0 Å². The van der Waals surface area contributed by atoms with Gasteiger partial charge in [-0.25, -0.2) is 9.59 Å². The van der Waals surface area contributed by atoms with Gasteiger partial charge in [0.1, 0.15) is 5.78 Å². The van der Waals surface area contributed by atoms with Gasteiger partial charge >= 0.3 is 11.9 Å². The second-order valence-electron chi connectivity index (χ2n) is 10.7. The number of ketones is 1. The van der Waals surface area contributed by atoms with E-state index in [1.165, 1.54) is 19.3 Å². The van der Waals surface area contributed by atoms with Crippen molar-refractivity contribution in [2.75, 3.05) is 12.3 Å². The molecule has 7 atom stereocenters. The monoisotopic (exact) mass is 494 g/mol. The molecule has 0 heterocycles. The predicted octanol–water partition coefficient (Wildman–Crippen LogP) is 3.81. The Morgan fingerprint density at radius 1 is 1.12 bits per heavy atom. The SMILES string of the molecule is C[C@]12CCC(SCCN)C[C@@H]1/C(=N/O)C[C@@H]1[C@@H]2CC[C@]2(C)C(=O)CC[C@@H]12.O=C(O)/C=C/C(=O)O. The maximum atomic E-state index is 12.6. The molecule has 0 aromatic carbocycles. The fourth-order valence-electron chi connectivity index (χ4n) is 7.44. The molecule has 1 unspecified atom stereocenters. The van der Waals surface area contributed by atoms with E-state index in [0.717, 1.165) is 50.1 Å². The highest BCUT2D eigenvalue weighted by molar-refractivity contribution is 7.99. The number of carboxylic acids is 2. The summed E-state index contributed by atoms with van der Waals surface area (Å²) in [7, 11) is 0. The van der Waals surface area contributed by atoms with Crippen LogP contribution >= 0.6 is 11.8 Å². The quantitative estimate of drug-likeness (QED) is 0.256. The third-order valence-electron chi connectivity index (χ3n) is 9.11. The van der Waals surface area contributed by atoms with E-state index in [1.54, 1.807) is 0 Å². The number of thioether (sulfide) groups is 1. The molecule has 0 amide bonds. The van der Waals surface area contributed by atoms with Crippen LogP contribution in [0.25, 0.3) is 0 Å². The van der Waals surface area contributed by atoms with Crippen LogP contribution in [-0.4, -0.2) is 56.4 Å². The molecule has 0 bridgehead atoms. The van der Waals surface area contributed by atoms with Crippen LogP contribution in [0.1, 0.15) is 65.2 Å². The molecule has 9 heteroatoms. The summed E-state index contributed by atoms with van der Waals surface area (Å²) in [4.78, 5) is 31.7.